The minimum Gasteiger partial charge on any atom is -0.305 e. The number of nitrogens with two attached hydrogens (primary N) is 1. The molecule has 1 aliphatic carbocycles. The number of nitrogens with one attached hydrogen (secondary N) is 1. The monoisotopic (exact) mass is 371 g/mol. The van der Waals surface area contributed by atoms with E-state index >= 15 is 0 Å². The first-order chi connectivity index (χ1) is 11.7. The van der Waals surface area contributed by atoms with E-state index < -0.39 is 22.0 Å². The van der Waals surface area contributed by atoms with Crippen LogP contribution in [0.2, 0.25) is 0 Å². The van der Waals surface area contributed by atoms with Gasteiger partial charge in [-0.05, 0) is 55.0 Å². The Balaban J connectivity index is 1.94. The van der Waals surface area contributed by atoms with Gasteiger partial charge in [0.2, 0.25) is 10.0 Å². The number of benzene rings is 1. The van der Waals surface area contributed by atoms with Crippen molar-refractivity contribution in [3.63, 3.8) is 0 Å². The molecule has 1 heterocycles. The van der Waals surface area contributed by atoms with Crippen LogP contribution in [0.25, 0.3) is 0 Å². The number of halogens is 2. The zero-order chi connectivity index (χ0) is 18.2. The van der Waals surface area contributed by atoms with E-state index in [0.717, 1.165) is 25.7 Å². The summed E-state index contributed by atoms with van der Waals surface area (Å²) in [7, 11) is -3.82. The molecule has 0 saturated heterocycles. The van der Waals surface area contributed by atoms with Gasteiger partial charge in [-0.2, -0.15) is 0 Å². The molecule has 1 aromatic carbocycles. The first-order valence-electron chi connectivity index (χ1n) is 8.40. The maximum Gasteiger partial charge on any atom is 0.267 e. The molecule has 0 radical (unpaired) electrons. The van der Waals surface area contributed by atoms with E-state index in [9.17, 15) is 17.2 Å². The first-order valence-corrected chi connectivity index (χ1v) is 9.95. The lowest BCUT2D eigenvalue weighted by Crippen LogP contribution is -2.59. The Kier molecular flexibility index (Phi) is 4.76. The molecule has 0 amide bonds. The van der Waals surface area contributed by atoms with E-state index in [1.807, 2.05) is 0 Å². The van der Waals surface area contributed by atoms with Gasteiger partial charge in [-0.1, -0.05) is 19.8 Å². The van der Waals surface area contributed by atoms with Gasteiger partial charge < -0.3 is 5.43 Å². The van der Waals surface area contributed by atoms with Crippen LogP contribution in [0.5, 0.6) is 0 Å². The number of anilines is 1. The molecule has 1 atom stereocenters. The number of hydrazine groups is 1. The molecular weight excluding hydrogens is 348 g/mol. The summed E-state index contributed by atoms with van der Waals surface area (Å²) in [5.74, 6) is 0.389. The molecule has 1 fully saturated rings. The van der Waals surface area contributed by atoms with Gasteiger partial charge in [0.05, 0.1) is 10.6 Å². The highest BCUT2D eigenvalue weighted by Gasteiger charge is 2.52. The standard InChI is InChI=1S/C17H23F2N3O2S/c1-12-2-4-13(5-3-12)17(16(18)19)10-11-21-22(17)14-6-8-15(9-7-14)25(20,23)24/h6-13,16,21H,2-5H2,1H3,(H2,20,23,24). The maximum absolute atomic E-state index is 14.2. The Labute approximate surface area is 146 Å². The molecule has 3 N–H and O–H groups in total. The molecule has 1 aromatic rings. The first kappa shape index (κ1) is 18.1. The largest absolute Gasteiger partial charge is 0.305 e. The smallest absolute Gasteiger partial charge is 0.267 e. The predicted octanol–water partition coefficient (Wildman–Crippen LogP) is 3.00. The average molecular weight is 371 g/mol. The van der Waals surface area contributed by atoms with Gasteiger partial charge in [0.1, 0.15) is 5.54 Å². The molecule has 1 unspecified atom stereocenters. The van der Waals surface area contributed by atoms with E-state index in [2.05, 4.69) is 12.3 Å². The topological polar surface area (TPSA) is 75.4 Å². The zero-order valence-corrected chi connectivity index (χ0v) is 14.8. The second-order valence-electron chi connectivity index (χ2n) is 6.98. The molecule has 1 saturated carbocycles. The molecule has 2 aliphatic rings. The Morgan fingerprint density at radius 1 is 1.20 bits per heavy atom. The van der Waals surface area contributed by atoms with E-state index in [-0.39, 0.29) is 10.8 Å². The lowest BCUT2D eigenvalue weighted by atomic mass is 9.72. The minimum atomic E-state index is -3.82. The lowest BCUT2D eigenvalue weighted by molar-refractivity contribution is 0.0259. The quantitative estimate of drug-likeness (QED) is 0.853. The minimum absolute atomic E-state index is 0.0439. The number of sulfonamides is 1. The molecule has 0 aromatic heterocycles. The van der Waals surface area contributed by atoms with Gasteiger partial charge in [-0.3, -0.25) is 5.01 Å². The van der Waals surface area contributed by atoms with Crippen molar-refractivity contribution in [2.75, 3.05) is 5.01 Å². The van der Waals surface area contributed by atoms with Crippen molar-refractivity contribution in [2.45, 2.75) is 49.5 Å². The van der Waals surface area contributed by atoms with Crippen LogP contribution in [0.15, 0.2) is 41.4 Å². The summed E-state index contributed by atoms with van der Waals surface area (Å²) in [6.45, 7) is 2.15. The third-order valence-electron chi connectivity index (χ3n) is 5.38. The number of rotatable bonds is 4. The number of hydrogen-bond acceptors (Lipinski definition) is 4. The summed E-state index contributed by atoms with van der Waals surface area (Å²) < 4.78 is 51.3. The van der Waals surface area contributed by atoms with Crippen molar-refractivity contribution in [3.05, 3.63) is 36.5 Å². The second kappa shape index (κ2) is 6.57. The third-order valence-corrected chi connectivity index (χ3v) is 6.31. The molecule has 0 bridgehead atoms. The normalized spacial score (nSPS) is 29.9. The van der Waals surface area contributed by atoms with Crippen molar-refractivity contribution in [2.24, 2.45) is 17.0 Å². The number of nitrogens with zero attached hydrogens (tertiary/aromatic N) is 1. The van der Waals surface area contributed by atoms with Crippen LogP contribution in [-0.4, -0.2) is 20.4 Å². The van der Waals surface area contributed by atoms with Gasteiger partial charge in [0.15, 0.2) is 0 Å². The zero-order valence-electron chi connectivity index (χ0n) is 14.0. The molecule has 138 valence electrons. The highest BCUT2D eigenvalue weighted by atomic mass is 32.2. The highest BCUT2D eigenvalue weighted by Crippen LogP contribution is 2.45. The fraction of sp³-hybridized carbons (Fsp3) is 0.529. The fourth-order valence-electron chi connectivity index (χ4n) is 3.90. The molecular formula is C17H23F2N3O2S. The van der Waals surface area contributed by atoms with E-state index in [0.29, 0.717) is 11.6 Å². The molecule has 0 spiro atoms. The molecule has 1 aliphatic heterocycles. The summed E-state index contributed by atoms with van der Waals surface area (Å²) in [5.41, 5.74) is 1.96. The van der Waals surface area contributed by atoms with Gasteiger partial charge >= 0.3 is 0 Å². The Morgan fingerprint density at radius 2 is 1.80 bits per heavy atom. The fourth-order valence-corrected chi connectivity index (χ4v) is 4.42. The number of alkyl halides is 2. The molecule has 3 rings (SSSR count). The van der Waals surface area contributed by atoms with Gasteiger partial charge in [-0.25, -0.2) is 22.3 Å². The van der Waals surface area contributed by atoms with Crippen LogP contribution in [0.3, 0.4) is 0 Å². The Hall–Kier alpha value is -1.67. The van der Waals surface area contributed by atoms with Crippen LogP contribution >= 0.6 is 0 Å². The highest BCUT2D eigenvalue weighted by molar-refractivity contribution is 7.89. The van der Waals surface area contributed by atoms with Crippen LogP contribution in [0, 0.1) is 11.8 Å². The van der Waals surface area contributed by atoms with Crippen LogP contribution in [-0.2, 0) is 10.0 Å². The SMILES string of the molecule is CC1CCC(C2(C(F)F)C=CNN2c2ccc(S(N)(=O)=O)cc2)CC1. The van der Waals surface area contributed by atoms with Crippen molar-refractivity contribution >= 4 is 15.7 Å². The van der Waals surface area contributed by atoms with E-state index in [1.54, 1.807) is 6.08 Å². The number of primary sulfonamides is 1. The average Bonchev–Trinajstić information content (AvgIpc) is 3.01. The summed E-state index contributed by atoms with van der Waals surface area (Å²) in [6, 6.07) is 5.68. The van der Waals surface area contributed by atoms with Gasteiger partial charge in [0.25, 0.3) is 6.43 Å². The van der Waals surface area contributed by atoms with Crippen LogP contribution < -0.4 is 15.6 Å². The lowest BCUT2D eigenvalue weighted by Gasteiger charge is -2.45. The Bertz CT molecular complexity index is 744. The Morgan fingerprint density at radius 3 is 2.32 bits per heavy atom. The van der Waals surface area contributed by atoms with E-state index in [4.69, 9.17) is 5.14 Å². The van der Waals surface area contributed by atoms with Crippen molar-refractivity contribution in [1.82, 2.24) is 5.43 Å². The summed E-state index contributed by atoms with van der Waals surface area (Å²) in [5, 5.41) is 6.57. The third kappa shape index (κ3) is 3.25. The van der Waals surface area contributed by atoms with Crippen molar-refractivity contribution < 1.29 is 17.2 Å². The van der Waals surface area contributed by atoms with E-state index in [1.165, 1.54) is 35.5 Å². The molecule has 25 heavy (non-hydrogen) atoms. The second-order valence-corrected chi connectivity index (χ2v) is 8.54. The number of hydrogen-bond donors (Lipinski definition) is 2. The van der Waals surface area contributed by atoms with Crippen LogP contribution in [0.1, 0.15) is 32.6 Å². The van der Waals surface area contributed by atoms with Gasteiger partial charge in [0, 0.05) is 6.20 Å². The summed E-state index contributed by atoms with van der Waals surface area (Å²) in [6.07, 6.45) is 3.86. The molecule has 5 nitrogen and oxygen atoms in total. The summed E-state index contributed by atoms with van der Waals surface area (Å²) >= 11 is 0. The van der Waals surface area contributed by atoms with Crippen molar-refractivity contribution in [1.29, 1.82) is 0 Å². The molecule has 8 heteroatoms. The van der Waals surface area contributed by atoms with Crippen molar-refractivity contribution in [3.8, 4) is 0 Å². The summed E-state index contributed by atoms with van der Waals surface area (Å²) in [4.78, 5) is -0.0439. The maximum atomic E-state index is 14.2. The van der Waals surface area contributed by atoms with Crippen LogP contribution in [0.4, 0.5) is 14.5 Å². The predicted molar refractivity (Wildman–Crippen MR) is 92.4 cm³/mol. The van der Waals surface area contributed by atoms with Gasteiger partial charge in [-0.15, -0.1) is 0 Å².